The number of amides is 3. The van der Waals surface area contributed by atoms with Crippen LogP contribution in [-0.2, 0) is 14.3 Å². The number of esters is 1. The molecule has 2 aliphatic heterocycles. The normalized spacial score (nSPS) is 26.4. The summed E-state index contributed by atoms with van der Waals surface area (Å²) in [7, 11) is 0. The third-order valence-corrected chi connectivity index (χ3v) is 3.91. The Kier molecular flexibility index (Phi) is 4.61. The van der Waals surface area contributed by atoms with E-state index >= 15 is 0 Å². The second kappa shape index (κ2) is 6.84. The van der Waals surface area contributed by atoms with E-state index in [0.29, 0.717) is 5.56 Å². The molecule has 3 rings (SSSR count). The molecule has 1 fully saturated rings. The Bertz CT molecular complexity index is 673. The van der Waals surface area contributed by atoms with E-state index in [0.717, 1.165) is 0 Å². The maximum atomic E-state index is 11.9. The molecule has 7 heteroatoms. The molecule has 1 aromatic carbocycles. The monoisotopic (exact) mass is 330 g/mol. The van der Waals surface area contributed by atoms with Gasteiger partial charge in [-0.2, -0.15) is 0 Å². The molecule has 7 nitrogen and oxygen atoms in total. The third-order valence-electron chi connectivity index (χ3n) is 3.91. The molecule has 3 atom stereocenters. The molecular formula is C17H18N2O5. The molecule has 0 aromatic heterocycles. The van der Waals surface area contributed by atoms with Gasteiger partial charge in [-0.25, -0.2) is 9.59 Å². The lowest BCUT2D eigenvalue weighted by atomic mass is 10.1. The molecule has 0 aliphatic carbocycles. The highest BCUT2D eigenvalue weighted by Gasteiger charge is 2.36. The molecular weight excluding hydrogens is 312 g/mol. The first-order chi connectivity index (χ1) is 11.5. The predicted molar refractivity (Wildman–Crippen MR) is 83.9 cm³/mol. The predicted octanol–water partition coefficient (Wildman–Crippen LogP) is 1.31. The third kappa shape index (κ3) is 3.46. The minimum atomic E-state index is -0.569. The van der Waals surface area contributed by atoms with E-state index in [2.05, 4.69) is 5.32 Å². The van der Waals surface area contributed by atoms with Gasteiger partial charge < -0.3 is 9.47 Å². The minimum Gasteiger partial charge on any atom is -0.459 e. The smallest absolute Gasteiger partial charge is 0.338 e. The standard InChI is InChI=1S/C17H18N2O5/c1-11-9-19(17(22)18-15(11)20)14-8-7-13(24-14)10-23-16(21)12-5-3-2-4-6-12/h2-8,11,13-14H,9-10H2,1H3,(H,18,20,22)/t11?,13-,14+/m0/s1. The van der Waals surface area contributed by atoms with Gasteiger partial charge in [-0.3, -0.25) is 15.0 Å². The summed E-state index contributed by atoms with van der Waals surface area (Å²) in [5, 5.41) is 2.29. The van der Waals surface area contributed by atoms with E-state index in [1.54, 1.807) is 43.3 Å². The van der Waals surface area contributed by atoms with E-state index in [4.69, 9.17) is 9.47 Å². The first-order valence-corrected chi connectivity index (χ1v) is 7.72. The number of carbonyl (C=O) groups is 3. The summed E-state index contributed by atoms with van der Waals surface area (Å²) < 4.78 is 10.9. The molecule has 0 bridgehead atoms. The van der Waals surface area contributed by atoms with Crippen molar-refractivity contribution in [2.45, 2.75) is 19.3 Å². The van der Waals surface area contributed by atoms with Crippen LogP contribution < -0.4 is 5.32 Å². The van der Waals surface area contributed by atoms with Crippen molar-refractivity contribution in [1.29, 1.82) is 0 Å². The number of ether oxygens (including phenoxy) is 2. The number of urea groups is 1. The number of hydrogen-bond acceptors (Lipinski definition) is 5. The maximum absolute atomic E-state index is 11.9. The molecule has 0 radical (unpaired) electrons. The zero-order chi connectivity index (χ0) is 17.1. The van der Waals surface area contributed by atoms with Crippen LogP contribution in [0.1, 0.15) is 17.3 Å². The van der Waals surface area contributed by atoms with Gasteiger partial charge in [0.05, 0.1) is 11.5 Å². The maximum Gasteiger partial charge on any atom is 0.338 e. The van der Waals surface area contributed by atoms with Crippen LogP contribution in [0.4, 0.5) is 4.79 Å². The molecule has 2 aliphatic rings. The van der Waals surface area contributed by atoms with Crippen LogP contribution in [0.5, 0.6) is 0 Å². The van der Waals surface area contributed by atoms with Crippen molar-refractivity contribution < 1.29 is 23.9 Å². The average Bonchev–Trinajstić information content (AvgIpc) is 3.05. The van der Waals surface area contributed by atoms with Crippen LogP contribution in [0, 0.1) is 5.92 Å². The van der Waals surface area contributed by atoms with Gasteiger partial charge in [-0.15, -0.1) is 0 Å². The second-order valence-corrected chi connectivity index (χ2v) is 5.76. The lowest BCUT2D eigenvalue weighted by Gasteiger charge is -2.34. The zero-order valence-electron chi connectivity index (χ0n) is 13.2. The molecule has 1 saturated heterocycles. The Morgan fingerprint density at radius 2 is 2.04 bits per heavy atom. The lowest BCUT2D eigenvalue weighted by Crippen LogP contribution is -2.57. The Balaban J connectivity index is 1.51. The van der Waals surface area contributed by atoms with E-state index in [1.165, 1.54) is 4.90 Å². The fourth-order valence-corrected chi connectivity index (χ4v) is 2.56. The Morgan fingerprint density at radius 1 is 1.29 bits per heavy atom. The molecule has 1 aromatic rings. The van der Waals surface area contributed by atoms with E-state index in [1.807, 2.05) is 6.07 Å². The summed E-state index contributed by atoms with van der Waals surface area (Å²) in [4.78, 5) is 36.7. The van der Waals surface area contributed by atoms with Crippen LogP contribution in [0.15, 0.2) is 42.5 Å². The van der Waals surface area contributed by atoms with Crippen molar-refractivity contribution in [3.8, 4) is 0 Å². The molecule has 24 heavy (non-hydrogen) atoms. The van der Waals surface area contributed by atoms with Crippen molar-refractivity contribution in [2.24, 2.45) is 5.92 Å². The van der Waals surface area contributed by atoms with Crippen LogP contribution in [0.3, 0.4) is 0 Å². The summed E-state index contributed by atoms with van der Waals surface area (Å²) in [6, 6.07) is 8.21. The fraction of sp³-hybridized carbons (Fsp3) is 0.353. The van der Waals surface area contributed by atoms with Gasteiger partial charge in [0.1, 0.15) is 12.7 Å². The quantitative estimate of drug-likeness (QED) is 0.665. The Morgan fingerprint density at radius 3 is 2.79 bits per heavy atom. The first-order valence-electron chi connectivity index (χ1n) is 7.72. The number of imide groups is 1. The fourth-order valence-electron chi connectivity index (χ4n) is 2.56. The molecule has 2 heterocycles. The topological polar surface area (TPSA) is 84.9 Å². The second-order valence-electron chi connectivity index (χ2n) is 5.76. The lowest BCUT2D eigenvalue weighted by molar-refractivity contribution is -0.127. The number of rotatable bonds is 4. The van der Waals surface area contributed by atoms with Gasteiger partial charge in [0.2, 0.25) is 5.91 Å². The highest BCUT2D eigenvalue weighted by atomic mass is 16.6. The van der Waals surface area contributed by atoms with Crippen molar-refractivity contribution in [3.63, 3.8) is 0 Å². The summed E-state index contributed by atoms with van der Waals surface area (Å²) in [5.41, 5.74) is 0.471. The van der Waals surface area contributed by atoms with Crippen LogP contribution in [0.25, 0.3) is 0 Å². The summed E-state index contributed by atoms with van der Waals surface area (Å²) in [6.45, 7) is 2.09. The van der Waals surface area contributed by atoms with Gasteiger partial charge >= 0.3 is 12.0 Å². The van der Waals surface area contributed by atoms with Gasteiger partial charge in [0.25, 0.3) is 0 Å². The van der Waals surface area contributed by atoms with Crippen molar-refractivity contribution in [1.82, 2.24) is 10.2 Å². The minimum absolute atomic E-state index is 0.0602. The van der Waals surface area contributed by atoms with E-state index < -0.39 is 24.3 Å². The number of benzene rings is 1. The van der Waals surface area contributed by atoms with Crippen molar-refractivity contribution >= 4 is 17.9 Å². The van der Waals surface area contributed by atoms with Gasteiger partial charge in [0.15, 0.2) is 6.23 Å². The Labute approximate surface area is 139 Å². The molecule has 1 N–H and O–H groups in total. The van der Waals surface area contributed by atoms with Crippen molar-refractivity contribution in [3.05, 3.63) is 48.0 Å². The van der Waals surface area contributed by atoms with Gasteiger partial charge in [-0.1, -0.05) is 31.2 Å². The molecule has 1 unspecified atom stereocenters. The number of nitrogens with one attached hydrogen (secondary N) is 1. The summed E-state index contributed by atoms with van der Waals surface area (Å²) in [5.74, 6) is -1.01. The number of hydrogen-bond donors (Lipinski definition) is 1. The number of carbonyl (C=O) groups excluding carboxylic acids is 3. The van der Waals surface area contributed by atoms with Gasteiger partial charge in [0, 0.05) is 6.54 Å². The summed E-state index contributed by atoms with van der Waals surface area (Å²) >= 11 is 0. The molecule has 3 amide bonds. The molecule has 0 saturated carbocycles. The SMILES string of the molecule is CC1CN([C@H]2C=C[C@@H](COC(=O)c3ccccc3)O2)C(=O)NC1=O. The first kappa shape index (κ1) is 16.2. The zero-order valence-corrected chi connectivity index (χ0v) is 13.2. The largest absolute Gasteiger partial charge is 0.459 e. The Hall–Kier alpha value is -2.67. The average molecular weight is 330 g/mol. The van der Waals surface area contributed by atoms with Crippen LogP contribution >= 0.6 is 0 Å². The number of nitrogens with zero attached hydrogens (tertiary/aromatic N) is 1. The van der Waals surface area contributed by atoms with Crippen LogP contribution in [-0.4, -0.2) is 48.3 Å². The van der Waals surface area contributed by atoms with E-state index in [-0.39, 0.29) is 25.0 Å². The highest BCUT2D eigenvalue weighted by Crippen LogP contribution is 2.20. The highest BCUT2D eigenvalue weighted by molar-refractivity contribution is 5.98. The molecule has 0 spiro atoms. The van der Waals surface area contributed by atoms with Crippen LogP contribution in [0.2, 0.25) is 0 Å². The van der Waals surface area contributed by atoms with Crippen molar-refractivity contribution in [2.75, 3.05) is 13.2 Å². The molecule has 126 valence electrons. The van der Waals surface area contributed by atoms with E-state index in [9.17, 15) is 14.4 Å². The summed E-state index contributed by atoms with van der Waals surface area (Å²) in [6.07, 6.45) is 2.48. The van der Waals surface area contributed by atoms with Gasteiger partial charge in [-0.05, 0) is 18.2 Å².